The van der Waals surface area contributed by atoms with E-state index in [0.717, 1.165) is 5.56 Å². The van der Waals surface area contributed by atoms with Crippen LogP contribution in [0.3, 0.4) is 0 Å². The van der Waals surface area contributed by atoms with Crippen molar-refractivity contribution in [1.82, 2.24) is 10.3 Å². The zero-order chi connectivity index (χ0) is 14.4. The average Bonchev–Trinajstić information content (AvgIpc) is 2.92. The first-order valence-corrected chi connectivity index (χ1v) is 6.74. The van der Waals surface area contributed by atoms with Crippen molar-refractivity contribution in [3.63, 3.8) is 0 Å². The van der Waals surface area contributed by atoms with Crippen molar-refractivity contribution < 1.29 is 9.21 Å². The van der Waals surface area contributed by atoms with Gasteiger partial charge in [0.1, 0.15) is 0 Å². The highest BCUT2D eigenvalue weighted by Crippen LogP contribution is 2.22. The molecule has 0 aliphatic heterocycles. The highest BCUT2D eigenvalue weighted by Gasteiger charge is 2.08. The fourth-order valence-electron chi connectivity index (χ4n) is 1.69. The number of rotatable bonds is 6. The van der Waals surface area contributed by atoms with E-state index in [0.29, 0.717) is 42.6 Å². The molecule has 0 bridgehead atoms. The maximum Gasteiger partial charge on any atom is 0.220 e. The fourth-order valence-corrected chi connectivity index (χ4v) is 1.82. The number of halogens is 1. The Balaban J connectivity index is 1.92. The summed E-state index contributed by atoms with van der Waals surface area (Å²) in [6.45, 7) is 0.923. The number of oxazole rings is 1. The first-order valence-electron chi connectivity index (χ1n) is 6.36. The van der Waals surface area contributed by atoms with Gasteiger partial charge in [-0.15, -0.1) is 0 Å². The van der Waals surface area contributed by atoms with Gasteiger partial charge in [0.05, 0.1) is 6.20 Å². The van der Waals surface area contributed by atoms with Crippen LogP contribution >= 0.6 is 11.6 Å². The minimum Gasteiger partial charge on any atom is -0.441 e. The number of hydrogen-bond donors (Lipinski definition) is 2. The van der Waals surface area contributed by atoms with Crippen LogP contribution in [0.25, 0.3) is 11.3 Å². The molecule has 106 valence electrons. The summed E-state index contributed by atoms with van der Waals surface area (Å²) >= 11 is 5.83. The largest absolute Gasteiger partial charge is 0.441 e. The number of nitrogens with one attached hydrogen (secondary N) is 1. The van der Waals surface area contributed by atoms with Gasteiger partial charge < -0.3 is 15.5 Å². The molecule has 0 spiro atoms. The van der Waals surface area contributed by atoms with Gasteiger partial charge in [-0.05, 0) is 24.3 Å². The standard InChI is InChI=1S/C14H16ClN3O2/c15-11-3-1-10(2-4-11)12-9-18-14(20-12)6-5-13(19)17-8-7-16/h1-4,9H,5-8,16H2,(H,17,19). The van der Waals surface area contributed by atoms with Crippen LogP contribution < -0.4 is 11.1 Å². The predicted molar refractivity (Wildman–Crippen MR) is 77.3 cm³/mol. The molecule has 1 aromatic carbocycles. The molecule has 0 radical (unpaired) electrons. The lowest BCUT2D eigenvalue weighted by Gasteiger charge is -2.01. The molecule has 2 rings (SSSR count). The predicted octanol–water partition coefficient (Wildman–Crippen LogP) is 2.00. The lowest BCUT2D eigenvalue weighted by atomic mass is 10.2. The van der Waals surface area contributed by atoms with E-state index >= 15 is 0 Å². The average molecular weight is 294 g/mol. The number of aromatic nitrogens is 1. The van der Waals surface area contributed by atoms with E-state index < -0.39 is 0 Å². The summed E-state index contributed by atoms with van der Waals surface area (Å²) < 4.78 is 5.61. The van der Waals surface area contributed by atoms with Crippen molar-refractivity contribution in [3.8, 4) is 11.3 Å². The van der Waals surface area contributed by atoms with Crippen molar-refractivity contribution in [2.45, 2.75) is 12.8 Å². The van der Waals surface area contributed by atoms with Crippen molar-refractivity contribution >= 4 is 17.5 Å². The van der Waals surface area contributed by atoms with Crippen LogP contribution in [-0.2, 0) is 11.2 Å². The number of benzene rings is 1. The molecule has 0 atom stereocenters. The zero-order valence-corrected chi connectivity index (χ0v) is 11.7. The first-order chi connectivity index (χ1) is 9.69. The minimum atomic E-state index is -0.0540. The maximum atomic E-state index is 11.4. The lowest BCUT2D eigenvalue weighted by molar-refractivity contribution is -0.121. The molecule has 0 saturated heterocycles. The number of nitrogens with two attached hydrogens (primary N) is 1. The molecule has 0 aliphatic rings. The Morgan fingerprint density at radius 1 is 1.35 bits per heavy atom. The van der Waals surface area contributed by atoms with Crippen LogP contribution in [0.15, 0.2) is 34.9 Å². The van der Waals surface area contributed by atoms with Gasteiger partial charge in [0.15, 0.2) is 11.7 Å². The Labute approximate surface area is 122 Å². The van der Waals surface area contributed by atoms with E-state index in [2.05, 4.69) is 10.3 Å². The quantitative estimate of drug-likeness (QED) is 0.853. The highest BCUT2D eigenvalue weighted by atomic mass is 35.5. The van der Waals surface area contributed by atoms with Crippen LogP contribution in [0.2, 0.25) is 5.02 Å². The summed E-state index contributed by atoms with van der Waals surface area (Å²) in [4.78, 5) is 15.6. The van der Waals surface area contributed by atoms with Crippen molar-refractivity contribution in [1.29, 1.82) is 0 Å². The molecule has 5 nitrogen and oxygen atoms in total. The molecule has 1 aromatic heterocycles. The Hall–Kier alpha value is -1.85. The Kier molecular flexibility index (Phi) is 5.15. The Morgan fingerprint density at radius 2 is 2.10 bits per heavy atom. The van der Waals surface area contributed by atoms with Gasteiger partial charge >= 0.3 is 0 Å². The molecule has 0 aliphatic carbocycles. The summed E-state index contributed by atoms with van der Waals surface area (Å²) in [5, 5.41) is 3.37. The second-order valence-corrected chi connectivity index (χ2v) is 4.70. The number of hydrogen-bond acceptors (Lipinski definition) is 4. The van der Waals surface area contributed by atoms with E-state index in [1.54, 1.807) is 18.3 Å². The van der Waals surface area contributed by atoms with Crippen molar-refractivity contribution in [2.75, 3.05) is 13.1 Å². The maximum absolute atomic E-state index is 11.4. The summed E-state index contributed by atoms with van der Waals surface area (Å²) in [5.41, 5.74) is 6.21. The monoisotopic (exact) mass is 293 g/mol. The van der Waals surface area contributed by atoms with Crippen molar-refractivity contribution in [3.05, 3.63) is 41.4 Å². The van der Waals surface area contributed by atoms with E-state index in [1.807, 2.05) is 12.1 Å². The molecule has 1 amide bonds. The molecular weight excluding hydrogens is 278 g/mol. The van der Waals surface area contributed by atoms with Gasteiger partial charge in [-0.3, -0.25) is 4.79 Å². The normalized spacial score (nSPS) is 10.5. The van der Waals surface area contributed by atoms with Gasteiger partial charge in [-0.25, -0.2) is 4.98 Å². The third-order valence-corrected chi connectivity index (χ3v) is 2.97. The number of aryl methyl sites for hydroxylation is 1. The number of carbonyl (C=O) groups excluding carboxylic acids is 1. The van der Waals surface area contributed by atoms with E-state index in [9.17, 15) is 4.79 Å². The van der Waals surface area contributed by atoms with Crippen LogP contribution in [0.4, 0.5) is 0 Å². The topological polar surface area (TPSA) is 81.1 Å². The second kappa shape index (κ2) is 7.07. The molecule has 3 N–H and O–H groups in total. The van der Waals surface area contributed by atoms with Gasteiger partial charge in [0, 0.05) is 36.5 Å². The Morgan fingerprint density at radius 3 is 2.80 bits per heavy atom. The summed E-state index contributed by atoms with van der Waals surface area (Å²) in [5.74, 6) is 1.15. The van der Waals surface area contributed by atoms with Gasteiger partial charge in [-0.1, -0.05) is 11.6 Å². The second-order valence-electron chi connectivity index (χ2n) is 4.26. The zero-order valence-electron chi connectivity index (χ0n) is 10.9. The number of carbonyl (C=O) groups is 1. The molecule has 0 fully saturated rings. The van der Waals surface area contributed by atoms with E-state index in [1.165, 1.54) is 0 Å². The lowest BCUT2D eigenvalue weighted by Crippen LogP contribution is -2.29. The van der Waals surface area contributed by atoms with Gasteiger partial charge in [0.25, 0.3) is 0 Å². The minimum absolute atomic E-state index is 0.0540. The summed E-state index contributed by atoms with van der Waals surface area (Å²) in [7, 11) is 0. The van der Waals surface area contributed by atoms with Crippen LogP contribution in [0.5, 0.6) is 0 Å². The SMILES string of the molecule is NCCNC(=O)CCc1ncc(-c2ccc(Cl)cc2)o1. The Bertz CT molecular complexity index is 566. The number of amides is 1. The van der Waals surface area contributed by atoms with Gasteiger partial charge in [0.2, 0.25) is 5.91 Å². The van der Waals surface area contributed by atoms with Crippen LogP contribution in [-0.4, -0.2) is 24.0 Å². The van der Waals surface area contributed by atoms with Crippen LogP contribution in [0, 0.1) is 0 Å². The molecular formula is C14H16ClN3O2. The smallest absolute Gasteiger partial charge is 0.220 e. The summed E-state index contributed by atoms with van der Waals surface area (Å²) in [6, 6.07) is 7.31. The first kappa shape index (κ1) is 14.6. The molecule has 6 heteroatoms. The van der Waals surface area contributed by atoms with Gasteiger partial charge in [-0.2, -0.15) is 0 Å². The fraction of sp³-hybridized carbons (Fsp3) is 0.286. The highest BCUT2D eigenvalue weighted by molar-refractivity contribution is 6.30. The van der Waals surface area contributed by atoms with Crippen LogP contribution in [0.1, 0.15) is 12.3 Å². The molecule has 1 heterocycles. The molecule has 0 saturated carbocycles. The van der Waals surface area contributed by atoms with Crippen molar-refractivity contribution in [2.24, 2.45) is 5.73 Å². The number of nitrogens with zero attached hydrogens (tertiary/aromatic N) is 1. The molecule has 20 heavy (non-hydrogen) atoms. The molecule has 2 aromatic rings. The molecule has 0 unspecified atom stereocenters. The third kappa shape index (κ3) is 4.08. The van der Waals surface area contributed by atoms with E-state index in [4.69, 9.17) is 21.8 Å². The van der Waals surface area contributed by atoms with E-state index in [-0.39, 0.29) is 5.91 Å². The summed E-state index contributed by atoms with van der Waals surface area (Å²) in [6.07, 6.45) is 2.45. The third-order valence-electron chi connectivity index (χ3n) is 2.71.